The van der Waals surface area contributed by atoms with E-state index < -0.39 is 0 Å². The third-order valence-corrected chi connectivity index (χ3v) is 6.04. The summed E-state index contributed by atoms with van der Waals surface area (Å²) in [6.07, 6.45) is 10.5. The summed E-state index contributed by atoms with van der Waals surface area (Å²) in [5, 5.41) is 4.31. The third-order valence-electron chi connectivity index (χ3n) is 4.94. The lowest BCUT2D eigenvalue weighted by molar-refractivity contribution is 0.0914. The maximum absolute atomic E-state index is 13.0. The molecule has 0 saturated heterocycles. The van der Waals surface area contributed by atoms with Crippen molar-refractivity contribution in [2.24, 2.45) is 5.92 Å². The number of amides is 1. The van der Waals surface area contributed by atoms with Gasteiger partial charge in [-0.15, -0.1) is 11.3 Å². The minimum absolute atomic E-state index is 0.0282. The number of hydrogen-bond acceptors (Lipinski definition) is 3. The predicted octanol–water partition coefficient (Wildman–Crippen LogP) is 4.40. The molecule has 0 aromatic carbocycles. The Morgan fingerprint density at radius 1 is 1.25 bits per heavy atom. The van der Waals surface area contributed by atoms with Crippen LogP contribution in [0, 0.1) is 5.92 Å². The van der Waals surface area contributed by atoms with Crippen LogP contribution in [-0.4, -0.2) is 21.5 Å². The van der Waals surface area contributed by atoms with E-state index >= 15 is 0 Å². The Labute approximate surface area is 145 Å². The van der Waals surface area contributed by atoms with Gasteiger partial charge in [0.25, 0.3) is 5.91 Å². The summed E-state index contributed by atoms with van der Waals surface area (Å²) in [7, 11) is 0. The molecular weight excluding hydrogens is 318 g/mol. The first kappa shape index (κ1) is 15.4. The highest BCUT2D eigenvalue weighted by molar-refractivity contribution is 7.21. The maximum atomic E-state index is 13.0. The summed E-state index contributed by atoms with van der Waals surface area (Å²) >= 11 is 1.48. The van der Waals surface area contributed by atoms with Crippen LogP contribution in [0.1, 0.15) is 42.3 Å². The van der Waals surface area contributed by atoms with E-state index in [4.69, 9.17) is 0 Å². The van der Waals surface area contributed by atoms with Crippen LogP contribution < -0.4 is 5.32 Å². The molecule has 1 fully saturated rings. The van der Waals surface area contributed by atoms with Crippen LogP contribution in [0.5, 0.6) is 0 Å². The fraction of sp³-hybridized carbons (Fsp3) is 0.368. The molecule has 1 N–H and O–H groups in total. The average Bonchev–Trinajstić information content (AvgIpc) is 3.23. The molecule has 0 unspecified atom stereocenters. The minimum Gasteiger partial charge on any atom is -0.348 e. The molecule has 24 heavy (non-hydrogen) atoms. The molecule has 1 amide bonds. The maximum Gasteiger partial charge on any atom is 0.263 e. The van der Waals surface area contributed by atoms with Crippen LogP contribution in [0.25, 0.3) is 15.9 Å². The molecule has 3 heterocycles. The normalized spacial score (nSPS) is 21.0. The summed E-state index contributed by atoms with van der Waals surface area (Å²) in [5.41, 5.74) is 0.939. The molecule has 1 saturated carbocycles. The first-order chi connectivity index (χ1) is 11.7. The standard InChI is InChI=1S/C19H21N3OS/c1-13-7-2-3-9-15(13)21-18(23)17-16(22-11-4-5-12-22)14-8-6-10-20-19(14)24-17/h4-6,8,10-13,15H,2-3,7,9H2,1H3,(H,21,23)/t13-,15+/m1/s1. The van der Waals surface area contributed by atoms with Crippen molar-refractivity contribution >= 4 is 27.5 Å². The van der Waals surface area contributed by atoms with Crippen molar-refractivity contribution in [3.8, 4) is 5.69 Å². The molecule has 4 rings (SSSR count). The molecule has 2 atom stereocenters. The van der Waals surface area contributed by atoms with Crippen molar-refractivity contribution in [3.05, 3.63) is 47.7 Å². The minimum atomic E-state index is 0.0282. The van der Waals surface area contributed by atoms with E-state index in [1.165, 1.54) is 30.6 Å². The predicted molar refractivity (Wildman–Crippen MR) is 97.8 cm³/mol. The van der Waals surface area contributed by atoms with Gasteiger partial charge in [-0.2, -0.15) is 0 Å². The monoisotopic (exact) mass is 339 g/mol. The van der Waals surface area contributed by atoms with Crippen molar-refractivity contribution in [1.29, 1.82) is 0 Å². The highest BCUT2D eigenvalue weighted by Gasteiger charge is 2.26. The number of pyridine rings is 1. The van der Waals surface area contributed by atoms with Gasteiger partial charge in [0.2, 0.25) is 0 Å². The fourth-order valence-electron chi connectivity index (χ4n) is 3.58. The Morgan fingerprint density at radius 3 is 2.83 bits per heavy atom. The number of thiophene rings is 1. The van der Waals surface area contributed by atoms with E-state index in [-0.39, 0.29) is 11.9 Å². The van der Waals surface area contributed by atoms with Gasteiger partial charge in [-0.25, -0.2) is 4.98 Å². The van der Waals surface area contributed by atoms with E-state index in [0.717, 1.165) is 27.2 Å². The van der Waals surface area contributed by atoms with Gasteiger partial charge >= 0.3 is 0 Å². The second-order valence-electron chi connectivity index (χ2n) is 6.57. The van der Waals surface area contributed by atoms with Crippen LogP contribution in [0.3, 0.4) is 0 Å². The van der Waals surface area contributed by atoms with Crippen LogP contribution in [0.15, 0.2) is 42.9 Å². The summed E-state index contributed by atoms with van der Waals surface area (Å²) in [4.78, 5) is 19.1. The van der Waals surface area contributed by atoms with Crippen LogP contribution in [-0.2, 0) is 0 Å². The quantitative estimate of drug-likeness (QED) is 0.769. The van der Waals surface area contributed by atoms with Crippen molar-refractivity contribution in [3.63, 3.8) is 0 Å². The van der Waals surface area contributed by atoms with Gasteiger partial charge in [0.1, 0.15) is 9.71 Å². The van der Waals surface area contributed by atoms with Gasteiger partial charge in [-0.05, 0) is 43.0 Å². The van der Waals surface area contributed by atoms with Crippen molar-refractivity contribution in [2.75, 3.05) is 0 Å². The van der Waals surface area contributed by atoms with Gasteiger partial charge in [-0.1, -0.05) is 19.8 Å². The molecule has 5 heteroatoms. The third kappa shape index (κ3) is 2.73. The Balaban J connectivity index is 1.73. The number of rotatable bonds is 3. The highest BCUT2D eigenvalue weighted by Crippen LogP contribution is 2.33. The fourth-order valence-corrected chi connectivity index (χ4v) is 4.62. The molecule has 1 aliphatic carbocycles. The Hall–Kier alpha value is -2.14. The van der Waals surface area contributed by atoms with Crippen molar-refractivity contribution < 1.29 is 4.79 Å². The van der Waals surface area contributed by atoms with E-state index in [1.54, 1.807) is 6.20 Å². The second-order valence-corrected chi connectivity index (χ2v) is 7.57. The van der Waals surface area contributed by atoms with Crippen LogP contribution in [0.2, 0.25) is 0 Å². The molecule has 3 aromatic heterocycles. The largest absolute Gasteiger partial charge is 0.348 e. The number of nitrogens with one attached hydrogen (secondary N) is 1. The number of nitrogens with zero attached hydrogens (tertiary/aromatic N) is 2. The number of aromatic nitrogens is 2. The van der Waals surface area contributed by atoms with Crippen LogP contribution >= 0.6 is 11.3 Å². The summed E-state index contributed by atoms with van der Waals surface area (Å²) in [6, 6.07) is 8.19. The zero-order valence-electron chi connectivity index (χ0n) is 13.7. The first-order valence-electron chi connectivity index (χ1n) is 8.56. The Kier molecular flexibility index (Phi) is 4.10. The lowest BCUT2D eigenvalue weighted by Gasteiger charge is -2.29. The average molecular weight is 339 g/mol. The summed E-state index contributed by atoms with van der Waals surface area (Å²) < 4.78 is 2.01. The molecule has 0 spiro atoms. The van der Waals surface area contributed by atoms with Gasteiger partial charge < -0.3 is 9.88 Å². The van der Waals surface area contributed by atoms with Crippen molar-refractivity contribution in [2.45, 2.75) is 38.6 Å². The molecule has 0 bridgehead atoms. The van der Waals surface area contributed by atoms with Gasteiger partial charge in [0, 0.05) is 30.0 Å². The summed E-state index contributed by atoms with van der Waals surface area (Å²) in [5.74, 6) is 0.575. The van der Waals surface area contributed by atoms with E-state index in [2.05, 4.69) is 17.2 Å². The van der Waals surface area contributed by atoms with Gasteiger partial charge in [0.15, 0.2) is 0 Å². The number of hydrogen-bond donors (Lipinski definition) is 1. The number of carbonyl (C=O) groups is 1. The van der Waals surface area contributed by atoms with Crippen molar-refractivity contribution in [1.82, 2.24) is 14.9 Å². The second kappa shape index (κ2) is 6.40. The molecular formula is C19H21N3OS. The topological polar surface area (TPSA) is 46.9 Å². The number of carbonyl (C=O) groups excluding carboxylic acids is 1. The van der Waals surface area contributed by atoms with Gasteiger partial charge in [0.05, 0.1) is 5.69 Å². The lowest BCUT2D eigenvalue weighted by atomic mass is 9.86. The molecule has 1 aliphatic rings. The first-order valence-corrected chi connectivity index (χ1v) is 9.37. The van der Waals surface area contributed by atoms with Gasteiger partial charge in [-0.3, -0.25) is 4.79 Å². The van der Waals surface area contributed by atoms with Crippen LogP contribution in [0.4, 0.5) is 0 Å². The molecule has 4 nitrogen and oxygen atoms in total. The van der Waals surface area contributed by atoms with E-state index in [9.17, 15) is 4.79 Å². The summed E-state index contributed by atoms with van der Waals surface area (Å²) in [6.45, 7) is 2.24. The molecule has 0 radical (unpaired) electrons. The lowest BCUT2D eigenvalue weighted by Crippen LogP contribution is -2.41. The molecule has 0 aliphatic heterocycles. The van der Waals surface area contributed by atoms with E-state index in [1.807, 2.05) is 41.2 Å². The Morgan fingerprint density at radius 2 is 2.04 bits per heavy atom. The molecule has 3 aromatic rings. The van der Waals surface area contributed by atoms with E-state index in [0.29, 0.717) is 5.92 Å². The highest BCUT2D eigenvalue weighted by atomic mass is 32.1. The smallest absolute Gasteiger partial charge is 0.263 e. The zero-order valence-corrected chi connectivity index (χ0v) is 14.6. The number of fused-ring (bicyclic) bond motifs is 1. The SMILES string of the molecule is C[C@@H]1CCCC[C@@H]1NC(=O)c1sc2ncccc2c1-n1cccc1. The molecule has 124 valence electrons. The zero-order chi connectivity index (χ0) is 16.5. The Bertz CT molecular complexity index is 853.